The van der Waals surface area contributed by atoms with E-state index in [2.05, 4.69) is 10.6 Å². The highest BCUT2D eigenvalue weighted by atomic mass is 35.5. The van der Waals surface area contributed by atoms with E-state index in [1.807, 2.05) is 0 Å². The van der Waals surface area contributed by atoms with E-state index in [4.69, 9.17) is 16.3 Å². The fraction of sp³-hybridized carbons (Fsp3) is 0.200. The summed E-state index contributed by atoms with van der Waals surface area (Å²) in [5.41, 5.74) is -0.534. The number of carbonyl (C=O) groups excluding carboxylic acids is 2. The van der Waals surface area contributed by atoms with Crippen LogP contribution in [0.5, 0.6) is 5.75 Å². The first-order chi connectivity index (χ1) is 16.1. The fourth-order valence-electron chi connectivity index (χ4n) is 3.13. The van der Waals surface area contributed by atoms with Gasteiger partial charge in [0.25, 0.3) is 5.91 Å². The number of aliphatic hydroxyl groups excluding tert-OH is 1. The summed E-state index contributed by atoms with van der Waals surface area (Å²) in [4.78, 5) is 25.9. The molecule has 0 aliphatic carbocycles. The molecule has 3 aromatic carbocycles. The molecule has 0 unspecified atom stereocenters. The third kappa shape index (κ3) is 5.52. The van der Waals surface area contributed by atoms with Gasteiger partial charge in [0.2, 0.25) is 0 Å². The molecular weight excluding hydrogens is 466 g/mol. The van der Waals surface area contributed by atoms with Gasteiger partial charge in [0.1, 0.15) is 23.1 Å². The molecule has 0 heterocycles. The quantitative estimate of drug-likeness (QED) is 0.384. The van der Waals surface area contributed by atoms with Crippen molar-refractivity contribution in [1.82, 2.24) is 5.32 Å². The predicted octanol–water partition coefficient (Wildman–Crippen LogP) is 5.10. The van der Waals surface area contributed by atoms with Gasteiger partial charge in [0.05, 0.1) is 29.8 Å². The maximum absolute atomic E-state index is 13.9. The molecule has 0 fully saturated rings. The first kappa shape index (κ1) is 25.1. The summed E-state index contributed by atoms with van der Waals surface area (Å²) in [5, 5.41) is 14.7. The number of hydrogen-bond donors (Lipinski definition) is 3. The largest absolute Gasteiger partial charge is 0.496 e. The lowest BCUT2D eigenvalue weighted by atomic mass is 9.98. The van der Waals surface area contributed by atoms with E-state index >= 15 is 0 Å². The van der Waals surface area contributed by atoms with Crippen molar-refractivity contribution in [3.63, 3.8) is 0 Å². The minimum absolute atomic E-state index is 0.0325. The lowest BCUT2D eigenvalue weighted by Gasteiger charge is -2.23. The number of ether oxygens (including phenoxy) is 1. The molecule has 178 valence electrons. The van der Waals surface area contributed by atoms with E-state index in [1.165, 1.54) is 49.6 Å². The highest BCUT2D eigenvalue weighted by molar-refractivity contribution is 6.35. The van der Waals surface area contributed by atoms with Crippen molar-refractivity contribution in [2.24, 2.45) is 0 Å². The molecule has 34 heavy (non-hydrogen) atoms. The molecule has 6 nitrogen and oxygen atoms in total. The second-order valence-corrected chi connectivity index (χ2v) is 8.56. The second kappa shape index (κ2) is 10.2. The summed E-state index contributed by atoms with van der Waals surface area (Å²) in [7, 11) is 1.39. The number of methoxy groups -OCH3 is 1. The summed E-state index contributed by atoms with van der Waals surface area (Å²) in [6.07, 6.45) is 0. The number of rotatable bonds is 8. The Kier molecular flexibility index (Phi) is 7.54. The number of carbonyl (C=O) groups is 2. The molecule has 3 rings (SSSR count). The molecule has 0 saturated carbocycles. The van der Waals surface area contributed by atoms with Gasteiger partial charge in [-0.3, -0.25) is 9.59 Å². The van der Waals surface area contributed by atoms with Crippen LogP contribution in [0.15, 0.2) is 54.6 Å². The molecule has 0 aliphatic rings. The van der Waals surface area contributed by atoms with Gasteiger partial charge in [0, 0.05) is 16.8 Å². The number of amides is 1. The van der Waals surface area contributed by atoms with E-state index in [-0.39, 0.29) is 45.4 Å². The Morgan fingerprint density at radius 1 is 1.03 bits per heavy atom. The monoisotopic (exact) mass is 488 g/mol. The van der Waals surface area contributed by atoms with Gasteiger partial charge in [-0.05, 0) is 62.4 Å². The van der Waals surface area contributed by atoms with Gasteiger partial charge in [-0.1, -0.05) is 17.7 Å². The zero-order valence-corrected chi connectivity index (χ0v) is 19.5. The standard InChI is InChI=1S/C25H23ClF2N2O4/c1-25(2,13-31)30-24(33)14-7-10-21(34-3)17(11-14)23(32)16-9-8-15(12-18(16)26)29-22-19(27)5-4-6-20(22)28/h4-12,29,31H,13H2,1-3H3,(H,30,33). The van der Waals surface area contributed by atoms with E-state index in [9.17, 15) is 23.5 Å². The Morgan fingerprint density at radius 2 is 1.71 bits per heavy atom. The summed E-state index contributed by atoms with van der Waals surface area (Å²) >= 11 is 6.33. The SMILES string of the molecule is COc1ccc(C(=O)NC(C)(C)CO)cc1C(=O)c1ccc(Nc2c(F)cccc2F)cc1Cl. The number of hydrogen-bond acceptors (Lipinski definition) is 5. The second-order valence-electron chi connectivity index (χ2n) is 8.16. The average Bonchev–Trinajstić information content (AvgIpc) is 2.80. The topological polar surface area (TPSA) is 87.7 Å². The van der Waals surface area contributed by atoms with Gasteiger partial charge < -0.3 is 20.5 Å². The smallest absolute Gasteiger partial charge is 0.251 e. The van der Waals surface area contributed by atoms with Crippen LogP contribution in [-0.4, -0.2) is 36.1 Å². The van der Waals surface area contributed by atoms with E-state index in [0.717, 1.165) is 12.1 Å². The summed E-state index contributed by atoms with van der Waals surface area (Å²) in [6.45, 7) is 3.04. The normalized spacial score (nSPS) is 11.1. The first-order valence-corrected chi connectivity index (χ1v) is 10.6. The Hall–Kier alpha value is -3.49. The molecular formula is C25H23ClF2N2O4. The molecule has 0 aliphatic heterocycles. The van der Waals surface area contributed by atoms with E-state index in [1.54, 1.807) is 13.8 Å². The summed E-state index contributed by atoms with van der Waals surface area (Å²) in [6, 6.07) is 12.1. The summed E-state index contributed by atoms with van der Waals surface area (Å²) in [5.74, 6) is -2.31. The Balaban J connectivity index is 1.92. The van der Waals surface area contributed by atoms with Crippen molar-refractivity contribution in [1.29, 1.82) is 0 Å². The highest BCUT2D eigenvalue weighted by Gasteiger charge is 2.23. The lowest BCUT2D eigenvalue weighted by molar-refractivity contribution is 0.0869. The van der Waals surface area contributed by atoms with Crippen LogP contribution < -0.4 is 15.4 Å². The van der Waals surface area contributed by atoms with Crippen molar-refractivity contribution >= 4 is 34.7 Å². The molecule has 3 aromatic rings. The summed E-state index contributed by atoms with van der Waals surface area (Å²) < 4.78 is 33.1. The lowest BCUT2D eigenvalue weighted by Crippen LogP contribution is -2.46. The van der Waals surface area contributed by atoms with E-state index in [0.29, 0.717) is 0 Å². The van der Waals surface area contributed by atoms with Crippen LogP contribution in [0.2, 0.25) is 5.02 Å². The van der Waals surface area contributed by atoms with Gasteiger partial charge in [0.15, 0.2) is 5.78 Å². The molecule has 1 amide bonds. The Labute approximate surface area is 200 Å². The van der Waals surface area contributed by atoms with Crippen molar-refractivity contribution in [2.45, 2.75) is 19.4 Å². The molecule has 0 atom stereocenters. The number of para-hydroxylation sites is 1. The van der Waals surface area contributed by atoms with E-state index < -0.39 is 28.9 Å². The number of ketones is 1. The van der Waals surface area contributed by atoms with Gasteiger partial charge in [-0.15, -0.1) is 0 Å². The van der Waals surface area contributed by atoms with Crippen LogP contribution in [0.1, 0.15) is 40.1 Å². The van der Waals surface area contributed by atoms with Crippen molar-refractivity contribution in [3.8, 4) is 5.75 Å². The number of anilines is 2. The minimum atomic E-state index is -0.856. The molecule has 0 bridgehead atoms. The number of aliphatic hydroxyl groups is 1. The molecule has 9 heteroatoms. The molecule has 3 N–H and O–H groups in total. The van der Waals surface area contributed by atoms with Crippen LogP contribution in [-0.2, 0) is 0 Å². The molecule has 0 spiro atoms. The Bertz CT molecular complexity index is 1230. The predicted molar refractivity (Wildman–Crippen MR) is 126 cm³/mol. The fourth-order valence-corrected chi connectivity index (χ4v) is 3.40. The first-order valence-electron chi connectivity index (χ1n) is 10.2. The maximum Gasteiger partial charge on any atom is 0.251 e. The Morgan fingerprint density at radius 3 is 2.29 bits per heavy atom. The zero-order chi connectivity index (χ0) is 25.0. The minimum Gasteiger partial charge on any atom is -0.496 e. The zero-order valence-electron chi connectivity index (χ0n) is 18.7. The van der Waals surface area contributed by atoms with Crippen LogP contribution in [0.25, 0.3) is 0 Å². The van der Waals surface area contributed by atoms with Crippen LogP contribution in [0.4, 0.5) is 20.2 Å². The van der Waals surface area contributed by atoms with Crippen molar-refractivity contribution < 1.29 is 28.2 Å². The van der Waals surface area contributed by atoms with Gasteiger partial charge in [-0.2, -0.15) is 0 Å². The third-order valence-electron chi connectivity index (χ3n) is 5.00. The van der Waals surface area contributed by atoms with Crippen molar-refractivity contribution in [3.05, 3.63) is 87.9 Å². The van der Waals surface area contributed by atoms with Gasteiger partial charge in [-0.25, -0.2) is 8.78 Å². The molecule has 0 saturated heterocycles. The highest BCUT2D eigenvalue weighted by Crippen LogP contribution is 2.30. The van der Waals surface area contributed by atoms with Crippen LogP contribution >= 0.6 is 11.6 Å². The number of nitrogens with one attached hydrogen (secondary N) is 2. The van der Waals surface area contributed by atoms with Crippen LogP contribution in [0, 0.1) is 11.6 Å². The van der Waals surface area contributed by atoms with Crippen LogP contribution in [0.3, 0.4) is 0 Å². The van der Waals surface area contributed by atoms with Crippen molar-refractivity contribution in [2.75, 3.05) is 19.0 Å². The molecule has 0 aromatic heterocycles. The van der Waals surface area contributed by atoms with Gasteiger partial charge >= 0.3 is 0 Å². The third-order valence-corrected chi connectivity index (χ3v) is 5.31. The molecule has 0 radical (unpaired) electrons. The number of halogens is 3. The average molecular weight is 489 g/mol. The maximum atomic E-state index is 13.9. The number of benzene rings is 3.